The lowest BCUT2D eigenvalue weighted by Gasteiger charge is -2.57. The second kappa shape index (κ2) is 8.06. The normalized spacial score (nSPS) is 24.4. The number of carbonyl (C=O) groups excluding carboxylic acids is 1. The molecule has 2 aliphatic rings. The highest BCUT2D eigenvalue weighted by atomic mass is 16.5. The Hall–Kier alpha value is -3.06. The van der Waals surface area contributed by atoms with Gasteiger partial charge in [0.05, 0.1) is 24.2 Å². The number of nitrogens with zero attached hydrogens (tertiary/aromatic N) is 4. The molecule has 3 aromatic rings. The maximum atomic E-state index is 13.6. The molecule has 1 fully saturated rings. The summed E-state index contributed by atoms with van der Waals surface area (Å²) in [5, 5.41) is 3.11. The van der Waals surface area contributed by atoms with Crippen molar-refractivity contribution < 1.29 is 9.53 Å². The SMILES string of the molecule is CCn1c(NC(=O)N(C)[C@H]2[C@H]3Cc4ccc(OC)cc4[C@]2(C)CCN3C)nc2ccccc21. The van der Waals surface area contributed by atoms with Gasteiger partial charge in [-0.05, 0) is 68.8 Å². The van der Waals surface area contributed by atoms with Crippen LogP contribution >= 0.6 is 0 Å². The van der Waals surface area contributed by atoms with Crippen LogP contribution in [0.4, 0.5) is 10.7 Å². The van der Waals surface area contributed by atoms with E-state index in [1.165, 1.54) is 11.1 Å². The number of urea groups is 1. The van der Waals surface area contributed by atoms with Gasteiger partial charge in [-0.3, -0.25) is 5.32 Å². The Balaban J connectivity index is 1.49. The number of hydrogen-bond donors (Lipinski definition) is 1. The molecule has 2 aromatic carbocycles. The molecule has 0 unspecified atom stereocenters. The van der Waals surface area contributed by atoms with Gasteiger partial charge in [-0.25, -0.2) is 9.78 Å². The number of likely N-dealkylation sites (N-methyl/N-ethyl adjacent to an activating group) is 2. The second-order valence-electron chi connectivity index (χ2n) is 9.60. The third-order valence-electron chi connectivity index (χ3n) is 7.86. The number of amides is 2. The zero-order valence-electron chi connectivity index (χ0n) is 20.1. The van der Waals surface area contributed by atoms with Crippen LogP contribution in [0.1, 0.15) is 31.4 Å². The van der Waals surface area contributed by atoms with Crippen LogP contribution in [0.15, 0.2) is 42.5 Å². The van der Waals surface area contributed by atoms with Crippen molar-refractivity contribution in [2.24, 2.45) is 0 Å². The number of piperidine rings is 1. The van der Waals surface area contributed by atoms with E-state index in [4.69, 9.17) is 9.72 Å². The summed E-state index contributed by atoms with van der Waals surface area (Å²) in [6, 6.07) is 14.6. The molecule has 2 heterocycles. The lowest BCUT2D eigenvalue weighted by Crippen LogP contribution is -2.67. The number of carbonyl (C=O) groups is 1. The molecule has 1 aliphatic heterocycles. The molecule has 0 saturated carbocycles. The van der Waals surface area contributed by atoms with Crippen LogP contribution in [-0.2, 0) is 18.4 Å². The first-order valence-corrected chi connectivity index (χ1v) is 11.7. The first-order chi connectivity index (χ1) is 15.9. The van der Waals surface area contributed by atoms with Crippen LogP contribution in [-0.4, -0.2) is 65.2 Å². The fourth-order valence-electron chi connectivity index (χ4n) is 6.05. The lowest BCUT2D eigenvalue weighted by atomic mass is 9.61. The van der Waals surface area contributed by atoms with Crippen molar-refractivity contribution in [2.75, 3.05) is 33.1 Å². The Bertz CT molecular complexity index is 1200. The molecular formula is C26H33N5O2. The number of hydrogen-bond acceptors (Lipinski definition) is 4. The Labute approximate surface area is 195 Å². The van der Waals surface area contributed by atoms with E-state index in [1.54, 1.807) is 7.11 Å². The number of anilines is 1. The predicted molar refractivity (Wildman–Crippen MR) is 131 cm³/mol. The number of likely N-dealkylation sites (tertiary alicyclic amines) is 1. The van der Waals surface area contributed by atoms with Gasteiger partial charge in [0.2, 0.25) is 5.95 Å². The predicted octanol–water partition coefficient (Wildman–Crippen LogP) is 4.12. The van der Waals surface area contributed by atoms with Gasteiger partial charge in [-0.2, -0.15) is 0 Å². The first kappa shape index (κ1) is 21.8. The number of aryl methyl sites for hydroxylation is 1. The lowest BCUT2D eigenvalue weighted by molar-refractivity contribution is 0.0213. The van der Waals surface area contributed by atoms with Crippen molar-refractivity contribution in [3.63, 3.8) is 0 Å². The molecule has 5 rings (SSSR count). The summed E-state index contributed by atoms with van der Waals surface area (Å²) < 4.78 is 7.60. The summed E-state index contributed by atoms with van der Waals surface area (Å²) >= 11 is 0. The summed E-state index contributed by atoms with van der Waals surface area (Å²) in [6.07, 6.45) is 1.90. The van der Waals surface area contributed by atoms with E-state index in [9.17, 15) is 4.79 Å². The van der Waals surface area contributed by atoms with Crippen molar-refractivity contribution in [3.8, 4) is 5.75 Å². The van der Waals surface area contributed by atoms with E-state index in [1.807, 2.05) is 42.3 Å². The zero-order valence-corrected chi connectivity index (χ0v) is 20.1. The van der Waals surface area contributed by atoms with Crippen LogP contribution in [0, 0.1) is 0 Å². The van der Waals surface area contributed by atoms with Crippen molar-refractivity contribution in [2.45, 2.75) is 50.7 Å². The number of imidazole rings is 1. The van der Waals surface area contributed by atoms with Gasteiger partial charge < -0.3 is 19.1 Å². The number of methoxy groups -OCH3 is 1. The quantitative estimate of drug-likeness (QED) is 0.654. The number of para-hydroxylation sites is 2. The van der Waals surface area contributed by atoms with Crippen LogP contribution in [0.3, 0.4) is 0 Å². The van der Waals surface area contributed by atoms with Crippen molar-refractivity contribution in [1.82, 2.24) is 19.4 Å². The number of ether oxygens (including phenoxy) is 1. The minimum absolute atomic E-state index is 0.0373. The van der Waals surface area contributed by atoms with E-state index in [0.717, 1.165) is 42.7 Å². The highest BCUT2D eigenvalue weighted by Gasteiger charge is 2.52. The summed E-state index contributed by atoms with van der Waals surface area (Å²) in [6.45, 7) is 6.12. The number of nitrogens with one attached hydrogen (secondary N) is 1. The molecule has 1 saturated heterocycles. The maximum absolute atomic E-state index is 13.6. The standard InChI is InChI=1S/C26H33N5O2/c1-6-31-21-10-8-7-9-20(21)27-24(31)28-25(32)30(4)23-22-15-17-11-12-18(33-5)16-19(17)26(23,2)13-14-29(22)3/h7-12,16,22-23H,6,13-15H2,1-5H3,(H,27,28,32)/t22-,23+,26+/m1/s1. The Kier molecular flexibility index (Phi) is 5.32. The van der Waals surface area contributed by atoms with E-state index < -0.39 is 0 Å². The molecule has 0 radical (unpaired) electrons. The largest absolute Gasteiger partial charge is 0.497 e. The van der Waals surface area contributed by atoms with Crippen molar-refractivity contribution in [3.05, 3.63) is 53.6 Å². The van der Waals surface area contributed by atoms with Crippen LogP contribution < -0.4 is 10.1 Å². The summed E-state index contributed by atoms with van der Waals surface area (Å²) in [5.74, 6) is 1.46. The smallest absolute Gasteiger partial charge is 0.324 e. The van der Waals surface area contributed by atoms with Gasteiger partial charge in [-0.15, -0.1) is 0 Å². The van der Waals surface area contributed by atoms with Gasteiger partial charge >= 0.3 is 6.03 Å². The van der Waals surface area contributed by atoms with E-state index in [0.29, 0.717) is 5.95 Å². The van der Waals surface area contributed by atoms with E-state index in [2.05, 4.69) is 47.8 Å². The molecule has 2 bridgehead atoms. The molecule has 174 valence electrons. The summed E-state index contributed by atoms with van der Waals surface area (Å²) in [5.41, 5.74) is 4.42. The minimum atomic E-state index is -0.156. The highest BCUT2D eigenvalue weighted by molar-refractivity contribution is 5.90. The average molecular weight is 448 g/mol. The Morgan fingerprint density at radius 3 is 2.85 bits per heavy atom. The summed E-state index contributed by atoms with van der Waals surface area (Å²) in [4.78, 5) is 22.6. The second-order valence-corrected chi connectivity index (χ2v) is 9.60. The van der Waals surface area contributed by atoms with Gasteiger partial charge in [0.15, 0.2) is 0 Å². The first-order valence-electron chi connectivity index (χ1n) is 11.7. The Morgan fingerprint density at radius 1 is 1.30 bits per heavy atom. The molecule has 3 atom stereocenters. The monoisotopic (exact) mass is 447 g/mol. The van der Waals surface area contributed by atoms with Gasteiger partial charge in [0.25, 0.3) is 0 Å². The number of benzene rings is 2. The van der Waals surface area contributed by atoms with Crippen LogP contribution in [0.25, 0.3) is 11.0 Å². The molecule has 1 aromatic heterocycles. The Morgan fingerprint density at radius 2 is 2.09 bits per heavy atom. The fourth-order valence-corrected chi connectivity index (χ4v) is 6.05. The maximum Gasteiger partial charge on any atom is 0.324 e. The van der Waals surface area contributed by atoms with Gasteiger partial charge in [0, 0.05) is 25.0 Å². The van der Waals surface area contributed by atoms with Crippen LogP contribution in [0.5, 0.6) is 5.75 Å². The topological polar surface area (TPSA) is 62.6 Å². The number of fused-ring (bicyclic) bond motifs is 5. The molecular weight excluding hydrogens is 414 g/mol. The average Bonchev–Trinajstić information content (AvgIpc) is 3.18. The summed E-state index contributed by atoms with van der Waals surface area (Å²) in [7, 11) is 5.81. The highest BCUT2D eigenvalue weighted by Crippen LogP contribution is 2.47. The van der Waals surface area contributed by atoms with Gasteiger partial charge in [0.1, 0.15) is 5.75 Å². The number of rotatable bonds is 4. The van der Waals surface area contributed by atoms with E-state index in [-0.39, 0.29) is 23.5 Å². The molecule has 33 heavy (non-hydrogen) atoms. The van der Waals surface area contributed by atoms with Crippen molar-refractivity contribution in [1.29, 1.82) is 0 Å². The fraction of sp³-hybridized carbons (Fsp3) is 0.462. The molecule has 1 N–H and O–H groups in total. The van der Waals surface area contributed by atoms with Crippen LogP contribution in [0.2, 0.25) is 0 Å². The zero-order chi connectivity index (χ0) is 23.3. The van der Waals surface area contributed by atoms with Crippen molar-refractivity contribution >= 4 is 23.0 Å². The molecule has 1 aliphatic carbocycles. The molecule has 7 heteroatoms. The molecule has 2 amide bonds. The van der Waals surface area contributed by atoms with E-state index >= 15 is 0 Å². The third-order valence-corrected chi connectivity index (χ3v) is 7.86. The van der Waals surface area contributed by atoms with Gasteiger partial charge in [-0.1, -0.05) is 25.1 Å². The number of aromatic nitrogens is 2. The molecule has 7 nitrogen and oxygen atoms in total. The molecule has 0 spiro atoms. The minimum Gasteiger partial charge on any atom is -0.497 e. The third kappa shape index (κ3) is 3.37.